The molecule has 0 bridgehead atoms. The summed E-state index contributed by atoms with van der Waals surface area (Å²) in [6.45, 7) is 0.389. The molecule has 0 saturated carbocycles. The molecule has 2 heterocycles. The first-order valence-electron chi connectivity index (χ1n) is 8.62. The van der Waals surface area contributed by atoms with Gasteiger partial charge >= 0.3 is 0 Å². The van der Waals surface area contributed by atoms with Crippen LogP contribution in [0.2, 0.25) is 5.02 Å². The van der Waals surface area contributed by atoms with Crippen molar-refractivity contribution in [2.75, 3.05) is 19.0 Å². The van der Waals surface area contributed by atoms with Crippen molar-refractivity contribution in [3.05, 3.63) is 69.1 Å². The van der Waals surface area contributed by atoms with Gasteiger partial charge in [-0.25, -0.2) is 0 Å². The smallest absolute Gasteiger partial charge is 0.263 e. The standard InChI is InChI=1S/C20H18ClN3O4S/c1-28-17-5-7-22-11-13(17)4-8-23-20(27)18-15(6-9-29-18)24-19(26)12-2-3-16(25)14(21)10-12/h2-3,5-7,9-11,25H,4,8H2,1H3,(H,23,27)(H,24,26). The fraction of sp³-hybridized carbons (Fsp3) is 0.150. The molecule has 0 spiro atoms. The largest absolute Gasteiger partial charge is 0.506 e. The molecule has 3 aromatic rings. The van der Waals surface area contributed by atoms with Crippen molar-refractivity contribution >= 4 is 40.4 Å². The Morgan fingerprint density at radius 3 is 2.83 bits per heavy atom. The molecule has 0 saturated heterocycles. The van der Waals surface area contributed by atoms with Crippen molar-refractivity contribution in [3.63, 3.8) is 0 Å². The van der Waals surface area contributed by atoms with Gasteiger partial charge in [-0.1, -0.05) is 11.6 Å². The maximum Gasteiger partial charge on any atom is 0.263 e. The van der Waals surface area contributed by atoms with Gasteiger partial charge in [-0.3, -0.25) is 14.6 Å². The lowest BCUT2D eigenvalue weighted by molar-refractivity contribution is 0.0959. The lowest BCUT2D eigenvalue weighted by atomic mass is 10.2. The van der Waals surface area contributed by atoms with Gasteiger partial charge in [-0.05, 0) is 42.1 Å². The molecule has 9 heteroatoms. The number of halogens is 1. The first kappa shape index (κ1) is 20.6. The Hall–Kier alpha value is -3.10. The number of aromatic nitrogens is 1. The minimum absolute atomic E-state index is 0.0757. The van der Waals surface area contributed by atoms with Crippen molar-refractivity contribution in [3.8, 4) is 11.5 Å². The van der Waals surface area contributed by atoms with E-state index < -0.39 is 5.91 Å². The Balaban J connectivity index is 1.62. The predicted molar refractivity (Wildman–Crippen MR) is 112 cm³/mol. The fourth-order valence-corrected chi connectivity index (χ4v) is 3.56. The van der Waals surface area contributed by atoms with Crippen LogP contribution in [0.4, 0.5) is 5.69 Å². The highest BCUT2D eigenvalue weighted by atomic mass is 35.5. The first-order valence-corrected chi connectivity index (χ1v) is 9.87. The number of nitrogens with zero attached hydrogens (tertiary/aromatic N) is 1. The molecular weight excluding hydrogens is 414 g/mol. The van der Waals surface area contributed by atoms with Crippen LogP contribution in [0.25, 0.3) is 0 Å². The number of thiophene rings is 1. The third-order valence-corrected chi connectivity index (χ3v) is 5.30. The lowest BCUT2D eigenvalue weighted by Gasteiger charge is -2.10. The highest BCUT2D eigenvalue weighted by Crippen LogP contribution is 2.26. The van der Waals surface area contributed by atoms with Crippen LogP contribution in [0.1, 0.15) is 25.6 Å². The summed E-state index contributed by atoms with van der Waals surface area (Å²) in [6, 6.07) is 7.57. The molecule has 0 aliphatic carbocycles. The van der Waals surface area contributed by atoms with E-state index in [9.17, 15) is 14.7 Å². The maximum atomic E-state index is 12.5. The van der Waals surface area contributed by atoms with Gasteiger partial charge in [0.15, 0.2) is 0 Å². The Labute approximate surface area is 176 Å². The second kappa shape index (κ2) is 9.40. The summed E-state index contributed by atoms with van der Waals surface area (Å²) < 4.78 is 5.27. The topological polar surface area (TPSA) is 101 Å². The molecule has 2 amide bonds. The fourth-order valence-electron chi connectivity index (χ4n) is 2.62. The number of rotatable bonds is 7. The van der Waals surface area contributed by atoms with E-state index in [4.69, 9.17) is 16.3 Å². The number of benzene rings is 1. The number of ether oxygens (including phenoxy) is 1. The van der Waals surface area contributed by atoms with Crippen LogP contribution in [0.3, 0.4) is 0 Å². The lowest BCUT2D eigenvalue weighted by Crippen LogP contribution is -2.26. The van der Waals surface area contributed by atoms with Crippen LogP contribution in [0, 0.1) is 0 Å². The molecule has 0 aliphatic heterocycles. The number of carbonyl (C=O) groups excluding carboxylic acids is 2. The number of pyridine rings is 1. The number of aromatic hydroxyl groups is 1. The van der Waals surface area contributed by atoms with Crippen molar-refractivity contribution in [1.29, 1.82) is 0 Å². The van der Waals surface area contributed by atoms with Crippen molar-refractivity contribution in [1.82, 2.24) is 10.3 Å². The Morgan fingerprint density at radius 2 is 2.07 bits per heavy atom. The molecule has 1 aromatic carbocycles. The van der Waals surface area contributed by atoms with E-state index in [0.717, 1.165) is 5.56 Å². The number of nitrogens with one attached hydrogen (secondary N) is 2. The van der Waals surface area contributed by atoms with Crippen LogP contribution in [-0.4, -0.2) is 35.6 Å². The van der Waals surface area contributed by atoms with Crippen LogP contribution in [-0.2, 0) is 6.42 Å². The number of carbonyl (C=O) groups is 2. The molecule has 7 nitrogen and oxygen atoms in total. The molecule has 0 unspecified atom stereocenters. The van der Waals surface area contributed by atoms with E-state index in [-0.39, 0.29) is 22.2 Å². The molecule has 3 N–H and O–H groups in total. The summed E-state index contributed by atoms with van der Waals surface area (Å²) in [4.78, 5) is 29.4. The van der Waals surface area contributed by atoms with Gasteiger partial charge in [-0.15, -0.1) is 11.3 Å². The van der Waals surface area contributed by atoms with E-state index in [2.05, 4.69) is 15.6 Å². The zero-order valence-corrected chi connectivity index (χ0v) is 17.0. The highest BCUT2D eigenvalue weighted by Gasteiger charge is 2.16. The average molecular weight is 432 g/mol. The molecule has 3 rings (SSSR count). The average Bonchev–Trinajstić information content (AvgIpc) is 3.18. The number of methoxy groups -OCH3 is 1. The summed E-state index contributed by atoms with van der Waals surface area (Å²) in [7, 11) is 1.58. The molecule has 0 aliphatic rings. The second-order valence-corrected chi connectivity index (χ2v) is 7.30. The van der Waals surface area contributed by atoms with Gasteiger partial charge in [0.05, 0.1) is 17.8 Å². The molecule has 0 radical (unpaired) electrons. The maximum absolute atomic E-state index is 12.5. The van der Waals surface area contributed by atoms with Crippen LogP contribution in [0.15, 0.2) is 48.1 Å². The number of phenolic OH excluding ortho intramolecular Hbond substituents is 1. The van der Waals surface area contributed by atoms with Gasteiger partial charge in [0.1, 0.15) is 16.4 Å². The number of amides is 2. The van der Waals surface area contributed by atoms with Gasteiger partial charge in [0.2, 0.25) is 0 Å². The quantitative estimate of drug-likeness (QED) is 0.529. The van der Waals surface area contributed by atoms with Gasteiger partial charge < -0.3 is 20.5 Å². The normalized spacial score (nSPS) is 10.4. The number of anilines is 1. The number of phenols is 1. The Morgan fingerprint density at radius 1 is 1.24 bits per heavy atom. The third kappa shape index (κ3) is 5.04. The van der Waals surface area contributed by atoms with Gasteiger partial charge in [-0.2, -0.15) is 0 Å². The zero-order chi connectivity index (χ0) is 20.8. The zero-order valence-electron chi connectivity index (χ0n) is 15.4. The van der Waals surface area contributed by atoms with Crippen molar-refractivity contribution < 1.29 is 19.4 Å². The molecule has 2 aromatic heterocycles. The van der Waals surface area contributed by atoms with Gasteiger partial charge in [0.25, 0.3) is 11.8 Å². The molecule has 0 atom stereocenters. The van der Waals surface area contributed by atoms with E-state index in [1.807, 2.05) is 0 Å². The van der Waals surface area contributed by atoms with Crippen LogP contribution < -0.4 is 15.4 Å². The molecule has 150 valence electrons. The molecule has 29 heavy (non-hydrogen) atoms. The Kier molecular flexibility index (Phi) is 6.69. The summed E-state index contributed by atoms with van der Waals surface area (Å²) in [5, 5.41) is 16.8. The summed E-state index contributed by atoms with van der Waals surface area (Å²) >= 11 is 7.07. The molecule has 0 fully saturated rings. The SMILES string of the molecule is COc1ccncc1CCNC(=O)c1sccc1NC(=O)c1ccc(O)c(Cl)c1. The van der Waals surface area contributed by atoms with E-state index in [0.29, 0.717) is 29.3 Å². The van der Waals surface area contributed by atoms with Crippen LogP contribution >= 0.6 is 22.9 Å². The molecular formula is C20H18ClN3O4S. The third-order valence-electron chi connectivity index (χ3n) is 4.09. The monoisotopic (exact) mass is 431 g/mol. The number of hydrogen-bond donors (Lipinski definition) is 3. The number of hydrogen-bond acceptors (Lipinski definition) is 6. The first-order chi connectivity index (χ1) is 14.0. The van der Waals surface area contributed by atoms with E-state index in [1.165, 1.54) is 29.5 Å². The van der Waals surface area contributed by atoms with Crippen LogP contribution in [0.5, 0.6) is 11.5 Å². The minimum atomic E-state index is -0.431. The van der Waals surface area contributed by atoms with Gasteiger partial charge in [0, 0.05) is 30.1 Å². The van der Waals surface area contributed by atoms with E-state index >= 15 is 0 Å². The summed E-state index contributed by atoms with van der Waals surface area (Å²) in [6.07, 6.45) is 3.90. The summed E-state index contributed by atoms with van der Waals surface area (Å²) in [5.74, 6) is -0.115. The van der Waals surface area contributed by atoms with Crippen molar-refractivity contribution in [2.45, 2.75) is 6.42 Å². The highest BCUT2D eigenvalue weighted by molar-refractivity contribution is 7.12. The summed E-state index contributed by atoms with van der Waals surface area (Å²) in [5.41, 5.74) is 1.56. The van der Waals surface area contributed by atoms with Crippen molar-refractivity contribution in [2.24, 2.45) is 0 Å². The second-order valence-electron chi connectivity index (χ2n) is 5.98. The predicted octanol–water partition coefficient (Wildman–Crippen LogP) is 3.74. The van der Waals surface area contributed by atoms with E-state index in [1.54, 1.807) is 37.0 Å². The Bertz CT molecular complexity index is 1040. The minimum Gasteiger partial charge on any atom is -0.506 e.